The van der Waals surface area contributed by atoms with E-state index in [2.05, 4.69) is 24.1 Å². The van der Waals surface area contributed by atoms with E-state index in [0.29, 0.717) is 24.2 Å². The fraction of sp³-hybridized carbons (Fsp3) is 0.500. The fourth-order valence-electron chi connectivity index (χ4n) is 2.50. The Morgan fingerprint density at radius 1 is 1.33 bits per heavy atom. The molecule has 0 aromatic heterocycles. The molecule has 2 atom stereocenters. The van der Waals surface area contributed by atoms with E-state index in [-0.39, 0.29) is 5.82 Å². The number of nitrogens with one attached hydrogen (secondary N) is 1. The first-order chi connectivity index (χ1) is 8.60. The molecular weight excluding hydrogens is 229 g/mol. The van der Waals surface area contributed by atoms with Crippen molar-refractivity contribution < 1.29 is 4.39 Å². The van der Waals surface area contributed by atoms with Crippen LogP contribution in [0.25, 0.3) is 0 Å². The summed E-state index contributed by atoms with van der Waals surface area (Å²) in [6.07, 6.45) is 0. The monoisotopic (exact) mass is 247 g/mol. The quantitative estimate of drug-likeness (QED) is 0.867. The maximum Gasteiger partial charge on any atom is 0.124 e. The van der Waals surface area contributed by atoms with Crippen molar-refractivity contribution in [3.05, 3.63) is 35.1 Å². The second-order valence-corrected chi connectivity index (χ2v) is 4.99. The predicted octanol–water partition coefficient (Wildman–Crippen LogP) is 1.88. The van der Waals surface area contributed by atoms with Crippen molar-refractivity contribution in [2.75, 3.05) is 13.1 Å². The molecule has 0 aliphatic carbocycles. The smallest absolute Gasteiger partial charge is 0.124 e. The molecule has 0 bridgehead atoms. The van der Waals surface area contributed by atoms with E-state index in [9.17, 15) is 4.39 Å². The molecule has 96 valence electrons. The Morgan fingerprint density at radius 3 is 2.61 bits per heavy atom. The molecule has 0 spiro atoms. The summed E-state index contributed by atoms with van der Waals surface area (Å²) < 4.78 is 13.4. The lowest BCUT2D eigenvalue weighted by Gasteiger charge is -2.39. The van der Waals surface area contributed by atoms with Gasteiger partial charge in [0.1, 0.15) is 5.82 Å². The Hall–Kier alpha value is -1.44. The zero-order valence-corrected chi connectivity index (χ0v) is 10.8. The van der Waals surface area contributed by atoms with E-state index in [1.807, 2.05) is 6.07 Å². The largest absolute Gasteiger partial charge is 0.314 e. The van der Waals surface area contributed by atoms with Gasteiger partial charge in [-0.3, -0.25) is 4.90 Å². The van der Waals surface area contributed by atoms with Gasteiger partial charge in [-0.15, -0.1) is 0 Å². The van der Waals surface area contributed by atoms with Crippen molar-refractivity contribution in [3.63, 3.8) is 0 Å². The van der Waals surface area contributed by atoms with Crippen LogP contribution >= 0.6 is 0 Å². The molecule has 0 saturated carbocycles. The molecular formula is C14H18FN3. The standard InChI is InChI=1S/C14H18FN3/c1-10-7-17-8-11(2)18(10)9-13-3-12(6-16)4-14(15)5-13/h3-5,10-11,17H,7-9H2,1-2H3. The van der Waals surface area contributed by atoms with Gasteiger partial charge in [-0.1, -0.05) is 0 Å². The minimum atomic E-state index is -0.334. The highest BCUT2D eigenvalue weighted by atomic mass is 19.1. The van der Waals surface area contributed by atoms with Crippen LogP contribution in [-0.4, -0.2) is 30.1 Å². The summed E-state index contributed by atoms with van der Waals surface area (Å²) in [5.74, 6) is -0.334. The van der Waals surface area contributed by atoms with Crippen molar-refractivity contribution in [1.82, 2.24) is 10.2 Å². The van der Waals surface area contributed by atoms with E-state index in [1.54, 1.807) is 6.07 Å². The molecule has 0 amide bonds. The zero-order chi connectivity index (χ0) is 13.1. The lowest BCUT2D eigenvalue weighted by Crippen LogP contribution is -2.54. The summed E-state index contributed by atoms with van der Waals surface area (Å²) in [4.78, 5) is 2.34. The van der Waals surface area contributed by atoms with Crippen LogP contribution in [0, 0.1) is 17.1 Å². The van der Waals surface area contributed by atoms with E-state index < -0.39 is 0 Å². The second-order valence-electron chi connectivity index (χ2n) is 4.99. The van der Waals surface area contributed by atoms with Gasteiger partial charge in [0.15, 0.2) is 0 Å². The van der Waals surface area contributed by atoms with Gasteiger partial charge in [0, 0.05) is 31.7 Å². The molecule has 1 aliphatic heterocycles. The number of hydrogen-bond donors (Lipinski definition) is 1. The van der Waals surface area contributed by atoms with Gasteiger partial charge in [0.2, 0.25) is 0 Å². The van der Waals surface area contributed by atoms with E-state index in [0.717, 1.165) is 18.7 Å². The van der Waals surface area contributed by atoms with Gasteiger partial charge < -0.3 is 5.32 Å². The van der Waals surface area contributed by atoms with Crippen molar-refractivity contribution in [2.45, 2.75) is 32.5 Å². The molecule has 1 fully saturated rings. The molecule has 1 aliphatic rings. The Kier molecular flexibility index (Phi) is 3.95. The summed E-state index contributed by atoms with van der Waals surface area (Å²) in [6.45, 7) is 6.91. The van der Waals surface area contributed by atoms with E-state index >= 15 is 0 Å². The number of hydrogen-bond acceptors (Lipinski definition) is 3. The number of nitriles is 1. The van der Waals surface area contributed by atoms with Gasteiger partial charge in [-0.05, 0) is 37.6 Å². The minimum absolute atomic E-state index is 0.334. The number of rotatable bonds is 2. The molecule has 1 N–H and O–H groups in total. The van der Waals surface area contributed by atoms with Crippen LogP contribution in [-0.2, 0) is 6.54 Å². The molecule has 18 heavy (non-hydrogen) atoms. The number of benzene rings is 1. The normalized spacial score (nSPS) is 24.8. The number of nitrogens with zero attached hydrogens (tertiary/aromatic N) is 2. The van der Waals surface area contributed by atoms with Gasteiger partial charge in [-0.2, -0.15) is 5.26 Å². The first kappa shape index (κ1) is 13.0. The first-order valence-corrected chi connectivity index (χ1v) is 6.26. The molecule has 1 saturated heterocycles. The number of halogens is 1. The lowest BCUT2D eigenvalue weighted by atomic mass is 10.1. The maximum absolute atomic E-state index is 13.4. The van der Waals surface area contributed by atoms with Crippen LogP contribution in [0.2, 0.25) is 0 Å². The Morgan fingerprint density at radius 2 is 2.00 bits per heavy atom. The van der Waals surface area contributed by atoms with Crippen LogP contribution in [0.4, 0.5) is 4.39 Å². The van der Waals surface area contributed by atoms with Gasteiger partial charge in [-0.25, -0.2) is 4.39 Å². The number of piperazine rings is 1. The zero-order valence-electron chi connectivity index (χ0n) is 10.8. The highest BCUT2D eigenvalue weighted by Gasteiger charge is 2.24. The molecule has 1 heterocycles. The second kappa shape index (κ2) is 5.47. The highest BCUT2D eigenvalue weighted by Crippen LogP contribution is 2.16. The molecule has 4 heteroatoms. The van der Waals surface area contributed by atoms with Crippen LogP contribution in [0.1, 0.15) is 25.0 Å². The van der Waals surface area contributed by atoms with Crippen molar-refractivity contribution in [1.29, 1.82) is 5.26 Å². The average Bonchev–Trinajstić information content (AvgIpc) is 2.33. The SMILES string of the molecule is CC1CNCC(C)N1Cc1cc(F)cc(C#N)c1. The third-order valence-electron chi connectivity index (χ3n) is 3.46. The third kappa shape index (κ3) is 2.87. The highest BCUT2D eigenvalue weighted by molar-refractivity contribution is 5.33. The molecule has 3 nitrogen and oxygen atoms in total. The molecule has 0 radical (unpaired) electrons. The lowest BCUT2D eigenvalue weighted by molar-refractivity contribution is 0.108. The fourth-order valence-corrected chi connectivity index (χ4v) is 2.50. The molecule has 2 rings (SSSR count). The van der Waals surface area contributed by atoms with Gasteiger partial charge in [0.25, 0.3) is 0 Å². The summed E-state index contributed by atoms with van der Waals surface area (Å²) >= 11 is 0. The Bertz CT molecular complexity index is 457. The van der Waals surface area contributed by atoms with Crippen LogP contribution < -0.4 is 5.32 Å². The average molecular weight is 247 g/mol. The topological polar surface area (TPSA) is 39.1 Å². The molecule has 2 unspecified atom stereocenters. The van der Waals surface area contributed by atoms with E-state index in [1.165, 1.54) is 12.1 Å². The summed E-state index contributed by atoms with van der Waals surface area (Å²) in [5, 5.41) is 12.2. The first-order valence-electron chi connectivity index (χ1n) is 6.26. The molecule has 1 aromatic rings. The predicted molar refractivity (Wildman–Crippen MR) is 68.5 cm³/mol. The van der Waals surface area contributed by atoms with Gasteiger partial charge >= 0.3 is 0 Å². The summed E-state index contributed by atoms with van der Waals surface area (Å²) in [6, 6.07) is 7.39. The summed E-state index contributed by atoms with van der Waals surface area (Å²) in [5.41, 5.74) is 1.26. The molecule has 1 aromatic carbocycles. The Labute approximate surface area is 107 Å². The Balaban J connectivity index is 2.17. The maximum atomic E-state index is 13.4. The van der Waals surface area contributed by atoms with Crippen molar-refractivity contribution in [3.8, 4) is 6.07 Å². The third-order valence-corrected chi connectivity index (χ3v) is 3.46. The van der Waals surface area contributed by atoms with Crippen molar-refractivity contribution >= 4 is 0 Å². The van der Waals surface area contributed by atoms with Crippen LogP contribution in [0.5, 0.6) is 0 Å². The van der Waals surface area contributed by atoms with Crippen LogP contribution in [0.3, 0.4) is 0 Å². The minimum Gasteiger partial charge on any atom is -0.314 e. The van der Waals surface area contributed by atoms with E-state index in [4.69, 9.17) is 5.26 Å². The van der Waals surface area contributed by atoms with Crippen molar-refractivity contribution in [2.24, 2.45) is 0 Å². The van der Waals surface area contributed by atoms with Gasteiger partial charge in [0.05, 0.1) is 11.6 Å². The summed E-state index contributed by atoms with van der Waals surface area (Å²) in [7, 11) is 0. The van der Waals surface area contributed by atoms with Crippen LogP contribution in [0.15, 0.2) is 18.2 Å².